The van der Waals surface area contributed by atoms with Crippen molar-refractivity contribution in [1.82, 2.24) is 15.1 Å². The number of hydrogen-bond acceptors (Lipinski definition) is 7. The van der Waals surface area contributed by atoms with Crippen LogP contribution in [0.3, 0.4) is 0 Å². The van der Waals surface area contributed by atoms with Crippen LogP contribution in [0.25, 0.3) is 22.6 Å². The standard InChI is InChI=1S/C17H19N3O3S/c1-12-11-20(6-8-21-12)7-9-24-17-19-18-16(23-17)15-10-13-4-2-3-5-14(13)22-15/h2-5,10,12H,6-9,11H2,1H3/t12-/m1/s1. The van der Waals surface area contributed by atoms with Crippen molar-refractivity contribution in [2.45, 2.75) is 18.3 Å². The molecule has 3 heterocycles. The SMILES string of the molecule is C[C@@H]1CN(CCSc2nnc(-c3cc4ccccc4o3)o2)CCO1. The van der Waals surface area contributed by atoms with Gasteiger partial charge in [0.2, 0.25) is 0 Å². The fourth-order valence-electron chi connectivity index (χ4n) is 2.81. The summed E-state index contributed by atoms with van der Waals surface area (Å²) < 4.78 is 17.0. The molecular formula is C17H19N3O3S. The number of furan rings is 1. The molecule has 0 aliphatic carbocycles. The molecule has 7 heteroatoms. The zero-order chi connectivity index (χ0) is 16.4. The normalized spacial score (nSPS) is 19.1. The van der Waals surface area contributed by atoms with E-state index in [1.54, 1.807) is 11.8 Å². The van der Waals surface area contributed by atoms with Crippen LogP contribution in [-0.4, -0.2) is 53.2 Å². The minimum atomic E-state index is 0.312. The molecule has 0 radical (unpaired) electrons. The average molecular weight is 345 g/mol. The third-order valence-electron chi connectivity index (χ3n) is 4.00. The van der Waals surface area contributed by atoms with Gasteiger partial charge in [-0.2, -0.15) is 0 Å². The van der Waals surface area contributed by atoms with Gasteiger partial charge >= 0.3 is 0 Å². The summed E-state index contributed by atoms with van der Waals surface area (Å²) in [6.07, 6.45) is 0.312. The highest BCUT2D eigenvalue weighted by Gasteiger charge is 2.17. The Labute approximate surface area is 144 Å². The number of fused-ring (bicyclic) bond motifs is 1. The van der Waals surface area contributed by atoms with Gasteiger partial charge < -0.3 is 13.6 Å². The highest BCUT2D eigenvalue weighted by atomic mass is 32.2. The second kappa shape index (κ2) is 6.96. The van der Waals surface area contributed by atoms with Crippen molar-refractivity contribution in [3.8, 4) is 11.7 Å². The van der Waals surface area contributed by atoms with Gasteiger partial charge in [0.15, 0.2) is 5.76 Å². The zero-order valence-electron chi connectivity index (χ0n) is 13.5. The molecule has 1 atom stereocenters. The predicted octanol–water partition coefficient (Wildman–Crippen LogP) is 3.30. The minimum absolute atomic E-state index is 0.312. The van der Waals surface area contributed by atoms with Crippen LogP contribution < -0.4 is 0 Å². The van der Waals surface area contributed by atoms with Crippen molar-refractivity contribution >= 4 is 22.7 Å². The van der Waals surface area contributed by atoms with Crippen molar-refractivity contribution in [3.63, 3.8) is 0 Å². The Hall–Kier alpha value is -1.83. The van der Waals surface area contributed by atoms with Gasteiger partial charge in [-0.05, 0) is 19.1 Å². The lowest BCUT2D eigenvalue weighted by molar-refractivity contribution is -0.0158. The minimum Gasteiger partial charge on any atom is -0.451 e. The average Bonchev–Trinajstić information content (AvgIpc) is 3.21. The van der Waals surface area contributed by atoms with Crippen molar-refractivity contribution in [3.05, 3.63) is 30.3 Å². The van der Waals surface area contributed by atoms with E-state index in [1.807, 2.05) is 30.3 Å². The van der Waals surface area contributed by atoms with Gasteiger partial charge in [-0.1, -0.05) is 30.0 Å². The maximum absolute atomic E-state index is 5.75. The summed E-state index contributed by atoms with van der Waals surface area (Å²) in [6, 6.07) is 9.76. The topological polar surface area (TPSA) is 64.5 Å². The van der Waals surface area contributed by atoms with E-state index in [9.17, 15) is 0 Å². The highest BCUT2D eigenvalue weighted by molar-refractivity contribution is 7.99. The molecule has 1 saturated heterocycles. The first-order valence-electron chi connectivity index (χ1n) is 8.07. The third-order valence-corrected chi connectivity index (χ3v) is 4.80. The number of benzene rings is 1. The number of nitrogens with zero attached hydrogens (tertiary/aromatic N) is 3. The molecule has 2 aromatic heterocycles. The molecule has 1 aliphatic rings. The lowest BCUT2D eigenvalue weighted by Crippen LogP contribution is -2.42. The van der Waals surface area contributed by atoms with Gasteiger partial charge in [-0.3, -0.25) is 4.90 Å². The van der Waals surface area contributed by atoms with Crippen LogP contribution in [-0.2, 0) is 4.74 Å². The smallest absolute Gasteiger partial charge is 0.284 e. The number of para-hydroxylation sites is 1. The molecule has 0 saturated carbocycles. The molecule has 24 heavy (non-hydrogen) atoms. The molecule has 6 nitrogen and oxygen atoms in total. The van der Waals surface area contributed by atoms with Crippen molar-refractivity contribution < 1.29 is 13.6 Å². The molecular weight excluding hydrogens is 326 g/mol. The molecule has 4 rings (SSSR count). The molecule has 1 fully saturated rings. The van der Waals surface area contributed by atoms with Crippen LogP contribution in [0.1, 0.15) is 6.92 Å². The second-order valence-electron chi connectivity index (χ2n) is 5.85. The fourth-order valence-corrected chi connectivity index (χ4v) is 3.57. The number of thioether (sulfide) groups is 1. The van der Waals surface area contributed by atoms with Gasteiger partial charge in [0.05, 0.1) is 12.7 Å². The number of rotatable bonds is 5. The Morgan fingerprint density at radius 3 is 3.04 bits per heavy atom. The first kappa shape index (κ1) is 15.7. The second-order valence-corrected chi connectivity index (χ2v) is 6.90. The molecule has 0 bridgehead atoms. The maximum atomic E-state index is 5.75. The monoisotopic (exact) mass is 345 g/mol. The van der Waals surface area contributed by atoms with E-state index in [0.29, 0.717) is 23.0 Å². The van der Waals surface area contributed by atoms with E-state index >= 15 is 0 Å². The fraction of sp³-hybridized carbons (Fsp3) is 0.412. The first-order valence-corrected chi connectivity index (χ1v) is 9.06. The van der Waals surface area contributed by atoms with Gasteiger partial charge in [0.25, 0.3) is 11.1 Å². The summed E-state index contributed by atoms with van der Waals surface area (Å²) in [5, 5.41) is 9.80. The van der Waals surface area contributed by atoms with Gasteiger partial charge in [0, 0.05) is 30.8 Å². The Balaban J connectivity index is 1.36. The van der Waals surface area contributed by atoms with Crippen molar-refractivity contribution in [2.75, 3.05) is 32.0 Å². The molecule has 0 amide bonds. The van der Waals surface area contributed by atoms with Crippen LogP contribution in [0.4, 0.5) is 0 Å². The molecule has 0 N–H and O–H groups in total. The predicted molar refractivity (Wildman–Crippen MR) is 92.1 cm³/mol. The molecule has 1 aliphatic heterocycles. The Morgan fingerprint density at radius 1 is 1.25 bits per heavy atom. The summed E-state index contributed by atoms with van der Waals surface area (Å²) in [7, 11) is 0. The van der Waals surface area contributed by atoms with Crippen LogP contribution in [0.5, 0.6) is 0 Å². The summed E-state index contributed by atoms with van der Waals surface area (Å²) >= 11 is 1.57. The number of ether oxygens (including phenoxy) is 1. The van der Waals surface area contributed by atoms with Gasteiger partial charge in [0.1, 0.15) is 5.58 Å². The quantitative estimate of drug-likeness (QED) is 0.657. The van der Waals surface area contributed by atoms with E-state index in [4.69, 9.17) is 13.6 Å². The number of morpholine rings is 1. The Morgan fingerprint density at radius 2 is 2.17 bits per heavy atom. The van der Waals surface area contributed by atoms with Crippen LogP contribution >= 0.6 is 11.8 Å². The summed E-state index contributed by atoms with van der Waals surface area (Å²) in [5.74, 6) is 1.94. The summed E-state index contributed by atoms with van der Waals surface area (Å²) in [6.45, 7) is 5.87. The molecule has 3 aromatic rings. The van der Waals surface area contributed by atoms with Gasteiger partial charge in [-0.25, -0.2) is 0 Å². The first-order chi connectivity index (χ1) is 11.8. The van der Waals surface area contributed by atoms with E-state index < -0.39 is 0 Å². The summed E-state index contributed by atoms with van der Waals surface area (Å²) in [4.78, 5) is 2.40. The van der Waals surface area contributed by atoms with Crippen LogP contribution in [0, 0.1) is 0 Å². The van der Waals surface area contributed by atoms with E-state index in [0.717, 1.165) is 43.0 Å². The number of hydrogen-bond donors (Lipinski definition) is 0. The largest absolute Gasteiger partial charge is 0.451 e. The lowest BCUT2D eigenvalue weighted by Gasteiger charge is -2.30. The van der Waals surface area contributed by atoms with E-state index in [1.165, 1.54) is 0 Å². The van der Waals surface area contributed by atoms with Crippen LogP contribution in [0.15, 0.2) is 44.4 Å². The Kier molecular flexibility index (Phi) is 4.55. The maximum Gasteiger partial charge on any atom is 0.284 e. The lowest BCUT2D eigenvalue weighted by atomic mass is 10.2. The van der Waals surface area contributed by atoms with Crippen LogP contribution in [0.2, 0.25) is 0 Å². The van der Waals surface area contributed by atoms with E-state index in [-0.39, 0.29) is 0 Å². The third kappa shape index (κ3) is 3.48. The molecule has 1 aromatic carbocycles. The molecule has 0 unspecified atom stereocenters. The number of aromatic nitrogens is 2. The summed E-state index contributed by atoms with van der Waals surface area (Å²) in [5.41, 5.74) is 0.821. The highest BCUT2D eigenvalue weighted by Crippen LogP contribution is 2.28. The van der Waals surface area contributed by atoms with E-state index in [2.05, 4.69) is 22.0 Å². The molecule has 0 spiro atoms. The van der Waals surface area contributed by atoms with Crippen molar-refractivity contribution in [2.24, 2.45) is 0 Å². The van der Waals surface area contributed by atoms with Crippen molar-refractivity contribution in [1.29, 1.82) is 0 Å². The van der Waals surface area contributed by atoms with Gasteiger partial charge in [-0.15, -0.1) is 10.2 Å². The molecule has 126 valence electrons. The Bertz CT molecular complexity index is 783. The zero-order valence-corrected chi connectivity index (χ0v) is 14.3.